The van der Waals surface area contributed by atoms with Gasteiger partial charge in [-0.2, -0.15) is 0 Å². The fourth-order valence-electron chi connectivity index (χ4n) is 3.10. The third-order valence-corrected chi connectivity index (χ3v) is 4.34. The fourth-order valence-corrected chi connectivity index (χ4v) is 3.10. The maximum Gasteiger partial charge on any atom is 0.201 e. The number of hydrogen-bond acceptors (Lipinski definition) is 4. The smallest absolute Gasteiger partial charge is 0.201 e. The molecule has 2 N–H and O–H groups in total. The molecule has 22 heavy (non-hydrogen) atoms. The Balaban J connectivity index is 1.35. The number of benzene rings is 1. The highest BCUT2D eigenvalue weighted by Crippen LogP contribution is 2.13. The number of aromatic amines is 1. The Labute approximate surface area is 132 Å². The molecule has 5 heteroatoms. The van der Waals surface area contributed by atoms with Crippen molar-refractivity contribution in [2.75, 3.05) is 51.1 Å². The van der Waals surface area contributed by atoms with E-state index in [0.29, 0.717) is 0 Å². The van der Waals surface area contributed by atoms with Crippen molar-refractivity contribution in [3.63, 3.8) is 0 Å². The van der Waals surface area contributed by atoms with Gasteiger partial charge in [-0.1, -0.05) is 19.1 Å². The van der Waals surface area contributed by atoms with E-state index in [9.17, 15) is 0 Å². The molecule has 1 aromatic heterocycles. The number of H-pyrrole nitrogens is 1. The third kappa shape index (κ3) is 3.99. The van der Waals surface area contributed by atoms with Crippen LogP contribution in [-0.2, 0) is 0 Å². The van der Waals surface area contributed by atoms with E-state index in [1.54, 1.807) is 0 Å². The number of aromatic nitrogens is 2. The van der Waals surface area contributed by atoms with Crippen LogP contribution in [0.3, 0.4) is 0 Å². The monoisotopic (exact) mass is 301 g/mol. The van der Waals surface area contributed by atoms with Gasteiger partial charge in [0.15, 0.2) is 0 Å². The van der Waals surface area contributed by atoms with E-state index in [2.05, 4.69) is 38.1 Å². The quantitative estimate of drug-likeness (QED) is 0.771. The molecule has 0 bridgehead atoms. The predicted octanol–water partition coefficient (Wildman–Crippen LogP) is 2.39. The van der Waals surface area contributed by atoms with E-state index in [1.165, 1.54) is 45.7 Å². The Kier molecular flexibility index (Phi) is 5.29. The first-order chi connectivity index (χ1) is 10.8. The molecule has 1 aliphatic heterocycles. The summed E-state index contributed by atoms with van der Waals surface area (Å²) < 4.78 is 0. The molecular weight excluding hydrogens is 274 g/mol. The molecule has 2 aromatic rings. The van der Waals surface area contributed by atoms with Crippen molar-refractivity contribution in [3.05, 3.63) is 24.3 Å². The number of anilines is 1. The summed E-state index contributed by atoms with van der Waals surface area (Å²) >= 11 is 0. The summed E-state index contributed by atoms with van der Waals surface area (Å²) in [5.74, 6) is 0.883. The van der Waals surface area contributed by atoms with Crippen LogP contribution in [-0.4, -0.2) is 65.6 Å². The summed E-state index contributed by atoms with van der Waals surface area (Å²) in [5, 5.41) is 3.40. The number of para-hydroxylation sites is 2. The van der Waals surface area contributed by atoms with Crippen LogP contribution >= 0.6 is 0 Å². The van der Waals surface area contributed by atoms with Gasteiger partial charge < -0.3 is 20.1 Å². The molecule has 120 valence electrons. The molecule has 5 nitrogen and oxygen atoms in total. The van der Waals surface area contributed by atoms with Crippen LogP contribution in [0.2, 0.25) is 0 Å². The molecule has 0 atom stereocenters. The van der Waals surface area contributed by atoms with Crippen molar-refractivity contribution in [1.29, 1.82) is 0 Å². The highest BCUT2D eigenvalue weighted by atomic mass is 15.3. The number of nitrogens with one attached hydrogen (secondary N) is 2. The van der Waals surface area contributed by atoms with Crippen molar-refractivity contribution in [2.45, 2.75) is 19.8 Å². The van der Waals surface area contributed by atoms with E-state index >= 15 is 0 Å². The van der Waals surface area contributed by atoms with E-state index in [1.807, 2.05) is 18.2 Å². The standard InChI is InChI=1S/C17H27N5/c1-2-9-21-11-13-22(14-12-21)10-5-8-18-17-19-15-6-3-4-7-16(15)20-17/h3-4,6-7H,2,5,8-14H2,1H3,(H2,18,19,20). The summed E-state index contributed by atoms with van der Waals surface area (Å²) in [6.07, 6.45) is 2.42. The molecule has 1 aromatic carbocycles. The zero-order valence-corrected chi connectivity index (χ0v) is 13.5. The van der Waals surface area contributed by atoms with E-state index in [0.717, 1.165) is 29.9 Å². The topological polar surface area (TPSA) is 47.2 Å². The van der Waals surface area contributed by atoms with Gasteiger partial charge in [0, 0.05) is 32.7 Å². The maximum absolute atomic E-state index is 4.54. The Morgan fingerprint density at radius 1 is 1.09 bits per heavy atom. The Hall–Kier alpha value is -1.59. The first-order valence-electron chi connectivity index (χ1n) is 8.48. The molecular formula is C17H27N5. The third-order valence-electron chi connectivity index (χ3n) is 4.34. The van der Waals surface area contributed by atoms with Gasteiger partial charge in [-0.3, -0.25) is 0 Å². The summed E-state index contributed by atoms with van der Waals surface area (Å²) in [6.45, 7) is 10.5. The van der Waals surface area contributed by atoms with E-state index in [4.69, 9.17) is 0 Å². The van der Waals surface area contributed by atoms with Crippen LogP contribution in [0.15, 0.2) is 24.3 Å². The Morgan fingerprint density at radius 3 is 2.55 bits per heavy atom. The second-order valence-electron chi connectivity index (χ2n) is 6.07. The minimum absolute atomic E-state index is 0.883. The molecule has 2 heterocycles. The molecule has 0 saturated carbocycles. The zero-order chi connectivity index (χ0) is 15.2. The van der Waals surface area contributed by atoms with E-state index < -0.39 is 0 Å². The molecule has 1 aliphatic rings. The fraction of sp³-hybridized carbons (Fsp3) is 0.588. The van der Waals surface area contributed by atoms with Gasteiger partial charge in [-0.05, 0) is 38.1 Å². The van der Waals surface area contributed by atoms with Crippen LogP contribution in [0.25, 0.3) is 11.0 Å². The second kappa shape index (κ2) is 7.61. The number of hydrogen-bond donors (Lipinski definition) is 2. The van der Waals surface area contributed by atoms with Gasteiger partial charge in [0.05, 0.1) is 11.0 Å². The maximum atomic E-state index is 4.54. The van der Waals surface area contributed by atoms with Crippen LogP contribution < -0.4 is 5.32 Å². The normalized spacial score (nSPS) is 17.1. The largest absolute Gasteiger partial charge is 0.356 e. The number of nitrogens with zero attached hydrogens (tertiary/aromatic N) is 3. The van der Waals surface area contributed by atoms with Crippen molar-refractivity contribution in [3.8, 4) is 0 Å². The number of rotatable bonds is 7. The summed E-state index contributed by atoms with van der Waals surface area (Å²) in [6, 6.07) is 8.14. The number of piperazine rings is 1. The molecule has 0 unspecified atom stereocenters. The van der Waals surface area contributed by atoms with Crippen molar-refractivity contribution < 1.29 is 0 Å². The van der Waals surface area contributed by atoms with Crippen LogP contribution in [0, 0.1) is 0 Å². The average molecular weight is 301 g/mol. The highest BCUT2D eigenvalue weighted by molar-refractivity contribution is 5.77. The minimum atomic E-state index is 0.883. The second-order valence-corrected chi connectivity index (χ2v) is 6.07. The van der Waals surface area contributed by atoms with Gasteiger partial charge >= 0.3 is 0 Å². The molecule has 1 fully saturated rings. The lowest BCUT2D eigenvalue weighted by Gasteiger charge is -2.34. The first-order valence-corrected chi connectivity index (χ1v) is 8.48. The predicted molar refractivity (Wildman–Crippen MR) is 92.4 cm³/mol. The molecule has 0 radical (unpaired) electrons. The van der Waals surface area contributed by atoms with Gasteiger partial charge in [0.2, 0.25) is 5.95 Å². The average Bonchev–Trinajstić information content (AvgIpc) is 2.96. The van der Waals surface area contributed by atoms with Gasteiger partial charge in [0.1, 0.15) is 0 Å². The Morgan fingerprint density at radius 2 is 1.82 bits per heavy atom. The van der Waals surface area contributed by atoms with Gasteiger partial charge in [0.25, 0.3) is 0 Å². The lowest BCUT2D eigenvalue weighted by atomic mass is 10.2. The highest BCUT2D eigenvalue weighted by Gasteiger charge is 2.15. The first kappa shape index (κ1) is 15.3. The molecule has 0 spiro atoms. The lowest BCUT2D eigenvalue weighted by Crippen LogP contribution is -2.46. The molecule has 3 rings (SSSR count). The minimum Gasteiger partial charge on any atom is -0.356 e. The lowest BCUT2D eigenvalue weighted by molar-refractivity contribution is 0.132. The van der Waals surface area contributed by atoms with Crippen LogP contribution in [0.1, 0.15) is 19.8 Å². The molecule has 0 amide bonds. The van der Waals surface area contributed by atoms with E-state index in [-0.39, 0.29) is 0 Å². The summed E-state index contributed by atoms with van der Waals surface area (Å²) in [5.41, 5.74) is 2.12. The number of fused-ring (bicyclic) bond motifs is 1. The van der Waals surface area contributed by atoms with Crippen molar-refractivity contribution in [1.82, 2.24) is 19.8 Å². The SMILES string of the molecule is CCCN1CCN(CCCNc2nc3ccccc3[nH]2)CC1. The van der Waals surface area contributed by atoms with Gasteiger partial charge in [-0.15, -0.1) is 0 Å². The summed E-state index contributed by atoms with van der Waals surface area (Å²) in [7, 11) is 0. The van der Waals surface area contributed by atoms with Crippen LogP contribution in [0.4, 0.5) is 5.95 Å². The zero-order valence-electron chi connectivity index (χ0n) is 13.5. The molecule has 0 aliphatic carbocycles. The summed E-state index contributed by atoms with van der Waals surface area (Å²) in [4.78, 5) is 13.0. The Bertz CT molecular complexity index is 538. The molecule has 1 saturated heterocycles. The van der Waals surface area contributed by atoms with Crippen molar-refractivity contribution >= 4 is 17.0 Å². The van der Waals surface area contributed by atoms with Crippen molar-refractivity contribution in [2.24, 2.45) is 0 Å². The van der Waals surface area contributed by atoms with Gasteiger partial charge in [-0.25, -0.2) is 4.98 Å². The van der Waals surface area contributed by atoms with Crippen LogP contribution in [0.5, 0.6) is 0 Å². The number of imidazole rings is 1.